The molecule has 86 valence electrons. The Morgan fingerprint density at radius 1 is 1.53 bits per heavy atom. The van der Waals surface area contributed by atoms with Crippen LogP contribution in [0.1, 0.15) is 25.2 Å². The molecule has 0 aliphatic heterocycles. The number of rotatable bonds is 5. The monoisotopic (exact) mass is 340 g/mol. The molecule has 0 fully saturated rings. The molecule has 2 atom stereocenters. The average molecular weight is 342 g/mol. The smallest absolute Gasteiger partial charge is 0.183 e. The molecular formula is C10H14Br2O3. The minimum atomic E-state index is -0.595. The number of hydrogen-bond donors (Lipinski definition) is 1. The molecule has 0 aliphatic rings. The zero-order chi connectivity index (χ0) is 11.4. The summed E-state index contributed by atoms with van der Waals surface area (Å²) >= 11 is 6.55. The molecule has 1 aromatic rings. The van der Waals surface area contributed by atoms with E-state index >= 15 is 0 Å². The van der Waals surface area contributed by atoms with Crippen LogP contribution in [-0.4, -0.2) is 18.8 Å². The van der Waals surface area contributed by atoms with Crippen LogP contribution >= 0.6 is 31.9 Å². The van der Waals surface area contributed by atoms with Gasteiger partial charge in [-0.1, -0.05) is 6.92 Å². The molecule has 0 spiro atoms. The molecule has 0 saturated carbocycles. The lowest BCUT2D eigenvalue weighted by Gasteiger charge is -2.15. The van der Waals surface area contributed by atoms with Crippen molar-refractivity contribution in [1.29, 1.82) is 0 Å². The summed E-state index contributed by atoms with van der Waals surface area (Å²) in [6.45, 7) is 2.61. The molecule has 0 aromatic carbocycles. The number of hydrogen-bond acceptors (Lipinski definition) is 3. The standard InChI is InChI=1S/C10H14Br2O3/c1-6(3-4-14-2)9(13)8-5-7(11)10(12)15-8/h5-6,9,13H,3-4H2,1-2H3. The number of ether oxygens (including phenoxy) is 1. The van der Waals surface area contributed by atoms with Crippen molar-refractivity contribution in [3.63, 3.8) is 0 Å². The molecule has 0 saturated heterocycles. The average Bonchev–Trinajstić information content (AvgIpc) is 2.54. The van der Waals surface area contributed by atoms with E-state index in [0.29, 0.717) is 17.0 Å². The number of furan rings is 1. The maximum Gasteiger partial charge on any atom is 0.183 e. The zero-order valence-electron chi connectivity index (χ0n) is 8.67. The van der Waals surface area contributed by atoms with E-state index in [9.17, 15) is 5.11 Å². The zero-order valence-corrected chi connectivity index (χ0v) is 11.8. The van der Waals surface area contributed by atoms with E-state index in [2.05, 4.69) is 31.9 Å². The molecule has 0 bridgehead atoms. The summed E-state index contributed by atoms with van der Waals surface area (Å²) in [6, 6.07) is 1.78. The Balaban J connectivity index is 2.62. The second kappa shape index (κ2) is 6.03. The van der Waals surface area contributed by atoms with Crippen molar-refractivity contribution in [2.24, 2.45) is 5.92 Å². The predicted octanol–water partition coefficient (Wildman–Crippen LogP) is 3.51. The molecular weight excluding hydrogens is 328 g/mol. The van der Waals surface area contributed by atoms with Crippen LogP contribution < -0.4 is 0 Å². The van der Waals surface area contributed by atoms with Crippen LogP contribution in [0.2, 0.25) is 0 Å². The van der Waals surface area contributed by atoms with Crippen molar-refractivity contribution in [2.75, 3.05) is 13.7 Å². The second-order valence-corrected chi connectivity index (χ2v) is 5.05. The molecule has 1 rings (SSSR count). The first-order valence-electron chi connectivity index (χ1n) is 4.68. The molecule has 3 nitrogen and oxygen atoms in total. The van der Waals surface area contributed by atoms with E-state index in [1.165, 1.54) is 0 Å². The number of aliphatic hydroxyl groups is 1. The summed E-state index contributed by atoms with van der Waals surface area (Å²) in [5, 5.41) is 9.96. The van der Waals surface area contributed by atoms with Crippen molar-refractivity contribution in [3.05, 3.63) is 21.0 Å². The maximum atomic E-state index is 9.96. The van der Waals surface area contributed by atoms with Crippen molar-refractivity contribution in [3.8, 4) is 0 Å². The van der Waals surface area contributed by atoms with Crippen molar-refractivity contribution in [2.45, 2.75) is 19.4 Å². The van der Waals surface area contributed by atoms with Crippen LogP contribution in [0.15, 0.2) is 19.6 Å². The van der Waals surface area contributed by atoms with Crippen LogP contribution in [0.3, 0.4) is 0 Å². The van der Waals surface area contributed by atoms with E-state index in [4.69, 9.17) is 9.15 Å². The fourth-order valence-electron chi connectivity index (χ4n) is 1.25. The Kier molecular flexibility index (Phi) is 5.32. The van der Waals surface area contributed by atoms with E-state index in [1.807, 2.05) is 6.92 Å². The van der Waals surface area contributed by atoms with Gasteiger partial charge in [0.15, 0.2) is 4.67 Å². The molecule has 0 amide bonds. The van der Waals surface area contributed by atoms with Crippen molar-refractivity contribution in [1.82, 2.24) is 0 Å². The van der Waals surface area contributed by atoms with Crippen molar-refractivity contribution < 1.29 is 14.3 Å². The van der Waals surface area contributed by atoms with Crippen LogP contribution in [-0.2, 0) is 4.74 Å². The molecule has 5 heteroatoms. The minimum absolute atomic E-state index is 0.106. The number of halogens is 2. The van der Waals surface area contributed by atoms with Gasteiger partial charge in [0.2, 0.25) is 0 Å². The van der Waals surface area contributed by atoms with Gasteiger partial charge in [-0.05, 0) is 50.3 Å². The summed E-state index contributed by atoms with van der Waals surface area (Å²) in [7, 11) is 1.65. The normalized spacial score (nSPS) is 15.3. The summed E-state index contributed by atoms with van der Waals surface area (Å²) in [5.41, 5.74) is 0. The number of methoxy groups -OCH3 is 1. The van der Waals surface area contributed by atoms with Gasteiger partial charge in [-0.3, -0.25) is 0 Å². The van der Waals surface area contributed by atoms with Gasteiger partial charge < -0.3 is 14.3 Å². The van der Waals surface area contributed by atoms with Gasteiger partial charge >= 0.3 is 0 Å². The number of aliphatic hydroxyl groups excluding tert-OH is 1. The maximum absolute atomic E-state index is 9.96. The van der Waals surface area contributed by atoms with Crippen LogP contribution in [0.25, 0.3) is 0 Å². The third-order valence-corrected chi connectivity index (χ3v) is 3.98. The Morgan fingerprint density at radius 3 is 2.67 bits per heavy atom. The van der Waals surface area contributed by atoms with E-state index in [-0.39, 0.29) is 5.92 Å². The van der Waals surface area contributed by atoms with Crippen LogP contribution in [0.5, 0.6) is 0 Å². The highest BCUT2D eigenvalue weighted by Gasteiger charge is 2.20. The summed E-state index contributed by atoms with van der Waals surface area (Å²) < 4.78 is 11.7. The van der Waals surface area contributed by atoms with Gasteiger partial charge in [-0.25, -0.2) is 0 Å². The van der Waals surface area contributed by atoms with E-state index in [0.717, 1.165) is 10.9 Å². The molecule has 15 heavy (non-hydrogen) atoms. The van der Waals surface area contributed by atoms with Gasteiger partial charge in [0.05, 0.1) is 4.47 Å². The third kappa shape index (κ3) is 3.59. The first kappa shape index (κ1) is 13.2. The molecule has 0 aliphatic carbocycles. The summed E-state index contributed by atoms with van der Waals surface area (Å²) in [4.78, 5) is 0. The molecule has 1 heterocycles. The minimum Gasteiger partial charge on any atom is -0.450 e. The predicted molar refractivity (Wildman–Crippen MR) is 64.7 cm³/mol. The van der Waals surface area contributed by atoms with E-state index in [1.54, 1.807) is 13.2 Å². The van der Waals surface area contributed by atoms with Gasteiger partial charge in [-0.15, -0.1) is 0 Å². The Bertz CT molecular complexity index is 292. The van der Waals surface area contributed by atoms with E-state index < -0.39 is 6.10 Å². The Hall–Kier alpha value is 0.160. The highest BCUT2D eigenvalue weighted by atomic mass is 79.9. The third-order valence-electron chi connectivity index (χ3n) is 2.27. The lowest BCUT2D eigenvalue weighted by molar-refractivity contribution is 0.0708. The van der Waals surface area contributed by atoms with Gasteiger partial charge in [0, 0.05) is 13.7 Å². The molecule has 2 unspecified atom stereocenters. The van der Waals surface area contributed by atoms with Crippen LogP contribution in [0.4, 0.5) is 0 Å². The highest BCUT2D eigenvalue weighted by Crippen LogP contribution is 2.33. The summed E-state index contributed by atoms with van der Waals surface area (Å²) in [5.74, 6) is 0.673. The Morgan fingerprint density at radius 2 is 2.20 bits per heavy atom. The quantitative estimate of drug-likeness (QED) is 0.891. The lowest BCUT2D eigenvalue weighted by Crippen LogP contribution is -2.10. The van der Waals surface area contributed by atoms with Gasteiger partial charge in [-0.2, -0.15) is 0 Å². The SMILES string of the molecule is COCCC(C)C(O)c1cc(Br)c(Br)o1. The topological polar surface area (TPSA) is 42.6 Å². The molecule has 1 N–H and O–H groups in total. The largest absolute Gasteiger partial charge is 0.450 e. The lowest BCUT2D eigenvalue weighted by atomic mass is 10.00. The molecule has 1 aromatic heterocycles. The van der Waals surface area contributed by atoms with Crippen LogP contribution in [0, 0.1) is 5.92 Å². The van der Waals surface area contributed by atoms with Crippen molar-refractivity contribution >= 4 is 31.9 Å². The van der Waals surface area contributed by atoms with Gasteiger partial charge in [0.1, 0.15) is 11.9 Å². The first-order chi connectivity index (χ1) is 7.06. The Labute approximate surface area is 106 Å². The van der Waals surface area contributed by atoms with Gasteiger partial charge in [0.25, 0.3) is 0 Å². The fraction of sp³-hybridized carbons (Fsp3) is 0.600. The second-order valence-electron chi connectivity index (χ2n) is 3.47. The molecule has 0 radical (unpaired) electrons. The summed E-state index contributed by atoms with van der Waals surface area (Å²) in [6.07, 6.45) is 0.205. The first-order valence-corrected chi connectivity index (χ1v) is 6.26. The fourth-order valence-corrected chi connectivity index (χ4v) is 1.86. The highest BCUT2D eigenvalue weighted by molar-refractivity contribution is 9.13.